The molecule has 2 unspecified atom stereocenters. The fraction of sp³-hybridized carbons (Fsp3) is 0.462. The van der Waals surface area contributed by atoms with Crippen LogP contribution in [-0.2, 0) is 27.1 Å². The van der Waals surface area contributed by atoms with Crippen LogP contribution >= 0.6 is 0 Å². The van der Waals surface area contributed by atoms with E-state index in [1.54, 1.807) is 26.0 Å². The predicted octanol–water partition coefficient (Wildman–Crippen LogP) is 1.88. The van der Waals surface area contributed by atoms with E-state index in [2.05, 4.69) is 4.72 Å². The second-order valence-corrected chi connectivity index (χ2v) is 5.30. The van der Waals surface area contributed by atoms with Crippen molar-refractivity contribution in [2.24, 2.45) is 0 Å². The standard InChI is InChI=1S/C13H18FNO3S/c1-4-18-13(16)9(2)10-5-6-11(12(14)7-10)8-15-19(3)17/h5-7,9,15H,4,8H2,1-3H3. The lowest BCUT2D eigenvalue weighted by Gasteiger charge is -2.12. The second-order valence-electron chi connectivity index (χ2n) is 4.10. The van der Waals surface area contributed by atoms with Crippen molar-refractivity contribution in [2.75, 3.05) is 12.9 Å². The lowest BCUT2D eigenvalue weighted by molar-refractivity contribution is -0.144. The van der Waals surface area contributed by atoms with Crippen LogP contribution in [0.3, 0.4) is 0 Å². The summed E-state index contributed by atoms with van der Waals surface area (Å²) in [7, 11) is -1.19. The van der Waals surface area contributed by atoms with Gasteiger partial charge in [0.05, 0.1) is 23.5 Å². The first kappa shape index (κ1) is 15.8. The van der Waals surface area contributed by atoms with Gasteiger partial charge in [-0.3, -0.25) is 4.79 Å². The minimum atomic E-state index is -1.19. The van der Waals surface area contributed by atoms with E-state index in [0.717, 1.165) is 0 Å². The number of carbonyl (C=O) groups is 1. The smallest absolute Gasteiger partial charge is 0.313 e. The molecule has 0 aliphatic carbocycles. The summed E-state index contributed by atoms with van der Waals surface area (Å²) in [6, 6.07) is 4.58. The van der Waals surface area contributed by atoms with Crippen LogP contribution in [0.5, 0.6) is 0 Å². The summed E-state index contributed by atoms with van der Waals surface area (Å²) in [5, 5.41) is 0. The topological polar surface area (TPSA) is 55.4 Å². The van der Waals surface area contributed by atoms with E-state index in [-0.39, 0.29) is 12.5 Å². The number of nitrogens with one attached hydrogen (secondary N) is 1. The molecule has 4 nitrogen and oxygen atoms in total. The fourth-order valence-electron chi connectivity index (χ4n) is 1.56. The average Bonchev–Trinajstić information content (AvgIpc) is 2.36. The Hall–Kier alpha value is -1.27. The quantitative estimate of drug-likeness (QED) is 0.813. The predicted molar refractivity (Wildman–Crippen MR) is 72.4 cm³/mol. The number of esters is 1. The van der Waals surface area contributed by atoms with Gasteiger partial charge in [0.25, 0.3) is 0 Å². The molecule has 0 aromatic heterocycles. The molecule has 0 heterocycles. The van der Waals surface area contributed by atoms with Gasteiger partial charge in [-0.05, 0) is 25.5 Å². The molecule has 19 heavy (non-hydrogen) atoms. The third-order valence-electron chi connectivity index (χ3n) is 2.68. The van der Waals surface area contributed by atoms with Crippen molar-refractivity contribution >= 4 is 17.0 Å². The summed E-state index contributed by atoms with van der Waals surface area (Å²) in [5.74, 6) is -1.30. The Kier molecular flexibility index (Phi) is 6.11. The number of carbonyl (C=O) groups excluding carboxylic acids is 1. The number of hydrogen-bond donors (Lipinski definition) is 1. The zero-order valence-corrected chi connectivity index (χ0v) is 12.1. The number of ether oxygens (including phenoxy) is 1. The molecule has 0 fully saturated rings. The maximum absolute atomic E-state index is 13.8. The Morgan fingerprint density at radius 1 is 1.53 bits per heavy atom. The first-order chi connectivity index (χ1) is 8.95. The molecule has 0 aliphatic heterocycles. The molecular weight excluding hydrogens is 269 g/mol. The van der Waals surface area contributed by atoms with Gasteiger partial charge >= 0.3 is 5.97 Å². The van der Waals surface area contributed by atoms with E-state index in [9.17, 15) is 13.4 Å². The fourth-order valence-corrected chi connectivity index (χ4v) is 1.92. The van der Waals surface area contributed by atoms with Gasteiger partial charge in [-0.25, -0.2) is 13.3 Å². The highest BCUT2D eigenvalue weighted by molar-refractivity contribution is 7.82. The van der Waals surface area contributed by atoms with Gasteiger partial charge in [-0.2, -0.15) is 0 Å². The Bertz CT molecular complexity index is 479. The molecule has 6 heteroatoms. The van der Waals surface area contributed by atoms with Crippen molar-refractivity contribution in [2.45, 2.75) is 26.3 Å². The third kappa shape index (κ3) is 4.72. The minimum absolute atomic E-state index is 0.184. The molecule has 0 saturated carbocycles. The van der Waals surface area contributed by atoms with E-state index in [1.807, 2.05) is 0 Å². The Labute approximate surface area is 114 Å². The molecule has 1 aromatic rings. The van der Waals surface area contributed by atoms with Gasteiger partial charge in [-0.1, -0.05) is 12.1 Å². The van der Waals surface area contributed by atoms with Gasteiger partial charge in [0.2, 0.25) is 0 Å². The molecule has 0 saturated heterocycles. The molecule has 0 amide bonds. The number of halogens is 1. The number of rotatable bonds is 6. The van der Waals surface area contributed by atoms with Crippen molar-refractivity contribution in [3.63, 3.8) is 0 Å². The first-order valence-corrected chi connectivity index (χ1v) is 7.53. The third-order valence-corrected chi connectivity index (χ3v) is 3.23. The number of benzene rings is 1. The van der Waals surface area contributed by atoms with E-state index in [0.29, 0.717) is 17.7 Å². The van der Waals surface area contributed by atoms with Gasteiger partial charge in [-0.15, -0.1) is 0 Å². The van der Waals surface area contributed by atoms with Crippen LogP contribution in [0.4, 0.5) is 4.39 Å². The summed E-state index contributed by atoms with van der Waals surface area (Å²) in [6.45, 7) is 3.88. The van der Waals surface area contributed by atoms with Crippen LogP contribution in [0.25, 0.3) is 0 Å². The van der Waals surface area contributed by atoms with Crippen molar-refractivity contribution in [3.05, 3.63) is 35.1 Å². The number of hydrogen-bond acceptors (Lipinski definition) is 3. The van der Waals surface area contributed by atoms with Gasteiger partial charge < -0.3 is 4.74 Å². The molecule has 2 atom stereocenters. The van der Waals surface area contributed by atoms with E-state index in [1.165, 1.54) is 12.3 Å². The molecule has 1 rings (SSSR count). The molecule has 0 spiro atoms. The van der Waals surface area contributed by atoms with Gasteiger partial charge in [0, 0.05) is 18.4 Å². The summed E-state index contributed by atoms with van der Waals surface area (Å²) >= 11 is 0. The van der Waals surface area contributed by atoms with Gasteiger partial charge in [0.1, 0.15) is 5.82 Å². The molecule has 1 N–H and O–H groups in total. The van der Waals surface area contributed by atoms with Crippen molar-refractivity contribution in [1.29, 1.82) is 0 Å². The Morgan fingerprint density at radius 2 is 2.21 bits per heavy atom. The molecule has 1 aromatic carbocycles. The largest absolute Gasteiger partial charge is 0.466 e. The van der Waals surface area contributed by atoms with Crippen molar-refractivity contribution in [1.82, 2.24) is 4.72 Å². The van der Waals surface area contributed by atoms with Crippen LogP contribution < -0.4 is 4.72 Å². The highest BCUT2D eigenvalue weighted by Gasteiger charge is 2.17. The summed E-state index contributed by atoms with van der Waals surface area (Å²) in [6.07, 6.45) is 1.48. The van der Waals surface area contributed by atoms with E-state index in [4.69, 9.17) is 4.74 Å². The first-order valence-electron chi connectivity index (χ1n) is 5.97. The molecular formula is C13H18FNO3S. The summed E-state index contributed by atoms with van der Waals surface area (Å²) < 4.78 is 32.2. The summed E-state index contributed by atoms with van der Waals surface area (Å²) in [4.78, 5) is 11.6. The highest BCUT2D eigenvalue weighted by atomic mass is 32.2. The van der Waals surface area contributed by atoms with Crippen LogP contribution in [0.15, 0.2) is 18.2 Å². The van der Waals surface area contributed by atoms with Crippen LogP contribution in [0.2, 0.25) is 0 Å². The zero-order chi connectivity index (χ0) is 14.4. The molecule has 0 aliphatic rings. The van der Waals surface area contributed by atoms with E-state index >= 15 is 0 Å². The molecule has 106 valence electrons. The normalized spacial score (nSPS) is 13.9. The highest BCUT2D eigenvalue weighted by Crippen LogP contribution is 2.20. The monoisotopic (exact) mass is 287 g/mol. The van der Waals surface area contributed by atoms with Crippen molar-refractivity contribution in [3.8, 4) is 0 Å². The lowest BCUT2D eigenvalue weighted by atomic mass is 9.99. The molecule has 0 bridgehead atoms. The second kappa shape index (κ2) is 7.35. The maximum Gasteiger partial charge on any atom is 0.313 e. The summed E-state index contributed by atoms with van der Waals surface area (Å²) in [5.41, 5.74) is 0.979. The Morgan fingerprint density at radius 3 is 2.74 bits per heavy atom. The Balaban J connectivity index is 2.81. The lowest BCUT2D eigenvalue weighted by Crippen LogP contribution is -2.17. The SMILES string of the molecule is CCOC(=O)C(C)c1ccc(CNS(C)=O)c(F)c1. The van der Waals surface area contributed by atoms with Crippen molar-refractivity contribution < 1.29 is 18.1 Å². The van der Waals surface area contributed by atoms with Crippen LogP contribution in [-0.4, -0.2) is 23.0 Å². The average molecular weight is 287 g/mol. The maximum atomic E-state index is 13.8. The van der Waals surface area contributed by atoms with Crippen LogP contribution in [0, 0.1) is 5.82 Å². The van der Waals surface area contributed by atoms with Crippen LogP contribution in [0.1, 0.15) is 30.9 Å². The van der Waals surface area contributed by atoms with Gasteiger partial charge in [0.15, 0.2) is 0 Å². The zero-order valence-electron chi connectivity index (χ0n) is 11.2. The van der Waals surface area contributed by atoms with E-state index < -0.39 is 22.7 Å². The molecule has 0 radical (unpaired) electrons. The minimum Gasteiger partial charge on any atom is -0.466 e.